The summed E-state index contributed by atoms with van der Waals surface area (Å²) >= 11 is 0. The van der Waals surface area contributed by atoms with Gasteiger partial charge in [0.15, 0.2) is 0 Å². The van der Waals surface area contributed by atoms with Gasteiger partial charge in [-0.05, 0) is 6.07 Å². The van der Waals surface area contributed by atoms with Gasteiger partial charge < -0.3 is 20.6 Å². The van der Waals surface area contributed by atoms with Crippen molar-refractivity contribution in [1.82, 2.24) is 15.1 Å². The molecule has 18 heavy (non-hydrogen) atoms. The number of carbonyl (C=O) groups is 1. The smallest absolute Gasteiger partial charge is 0.271 e. The minimum Gasteiger partial charge on any atom is -0.409 e. The van der Waals surface area contributed by atoms with Crippen molar-refractivity contribution in [3.63, 3.8) is 0 Å². The molecule has 0 aliphatic rings. The SMILES string of the molecule is COCCN(CCC(N)=NO)C(=O)c1ccn[nH]1. The van der Waals surface area contributed by atoms with Crippen molar-refractivity contribution in [3.8, 4) is 0 Å². The molecule has 8 heteroatoms. The fourth-order valence-corrected chi connectivity index (χ4v) is 1.36. The molecule has 1 aromatic heterocycles. The van der Waals surface area contributed by atoms with Crippen molar-refractivity contribution in [3.05, 3.63) is 18.0 Å². The number of methoxy groups -OCH3 is 1. The zero-order valence-electron chi connectivity index (χ0n) is 10.2. The summed E-state index contributed by atoms with van der Waals surface area (Å²) in [7, 11) is 1.56. The maximum Gasteiger partial charge on any atom is 0.271 e. The van der Waals surface area contributed by atoms with Crippen LogP contribution in [0.5, 0.6) is 0 Å². The van der Waals surface area contributed by atoms with E-state index < -0.39 is 0 Å². The van der Waals surface area contributed by atoms with Gasteiger partial charge in [-0.1, -0.05) is 5.16 Å². The van der Waals surface area contributed by atoms with Crippen LogP contribution in [0.25, 0.3) is 0 Å². The van der Waals surface area contributed by atoms with E-state index in [-0.39, 0.29) is 11.7 Å². The minimum absolute atomic E-state index is 0.0785. The van der Waals surface area contributed by atoms with E-state index in [1.165, 1.54) is 6.20 Å². The number of hydrogen-bond donors (Lipinski definition) is 3. The van der Waals surface area contributed by atoms with Crippen molar-refractivity contribution < 1.29 is 14.7 Å². The Balaban J connectivity index is 2.62. The summed E-state index contributed by atoms with van der Waals surface area (Å²) in [5.41, 5.74) is 5.77. The van der Waals surface area contributed by atoms with Gasteiger partial charge in [0.2, 0.25) is 0 Å². The number of aromatic amines is 1. The van der Waals surface area contributed by atoms with Crippen molar-refractivity contribution in [2.45, 2.75) is 6.42 Å². The summed E-state index contributed by atoms with van der Waals surface area (Å²) in [6, 6.07) is 1.59. The van der Waals surface area contributed by atoms with Crippen LogP contribution in [-0.2, 0) is 4.74 Å². The van der Waals surface area contributed by atoms with E-state index in [1.807, 2.05) is 0 Å². The van der Waals surface area contributed by atoms with E-state index in [4.69, 9.17) is 15.7 Å². The van der Waals surface area contributed by atoms with Gasteiger partial charge in [-0.3, -0.25) is 9.89 Å². The van der Waals surface area contributed by atoms with Crippen molar-refractivity contribution in [2.75, 3.05) is 26.8 Å². The Labute approximate surface area is 104 Å². The third-order valence-electron chi connectivity index (χ3n) is 2.35. The van der Waals surface area contributed by atoms with Crippen LogP contribution in [0.1, 0.15) is 16.9 Å². The number of oxime groups is 1. The molecule has 0 fully saturated rings. The zero-order chi connectivity index (χ0) is 13.4. The van der Waals surface area contributed by atoms with Gasteiger partial charge in [0.1, 0.15) is 11.5 Å². The number of hydrogen-bond acceptors (Lipinski definition) is 5. The first-order valence-corrected chi connectivity index (χ1v) is 5.43. The fraction of sp³-hybridized carbons (Fsp3) is 0.500. The van der Waals surface area contributed by atoms with Crippen LogP contribution in [0.2, 0.25) is 0 Å². The van der Waals surface area contributed by atoms with Crippen LogP contribution in [0.4, 0.5) is 0 Å². The Kier molecular flexibility index (Phi) is 5.65. The predicted molar refractivity (Wildman–Crippen MR) is 64.4 cm³/mol. The summed E-state index contributed by atoms with van der Waals surface area (Å²) in [5, 5.41) is 17.7. The summed E-state index contributed by atoms with van der Waals surface area (Å²) in [6.45, 7) is 1.18. The number of rotatable bonds is 7. The molecule has 0 aliphatic heterocycles. The molecule has 1 amide bonds. The van der Waals surface area contributed by atoms with E-state index in [0.717, 1.165) is 0 Å². The van der Waals surface area contributed by atoms with Gasteiger partial charge in [0, 0.05) is 32.8 Å². The van der Waals surface area contributed by atoms with Gasteiger partial charge in [-0.25, -0.2) is 0 Å². The van der Waals surface area contributed by atoms with Gasteiger partial charge in [-0.2, -0.15) is 5.10 Å². The van der Waals surface area contributed by atoms with Crippen LogP contribution < -0.4 is 5.73 Å². The second-order valence-corrected chi connectivity index (χ2v) is 3.60. The highest BCUT2D eigenvalue weighted by Gasteiger charge is 2.16. The molecule has 0 atom stereocenters. The molecule has 0 aliphatic carbocycles. The third-order valence-corrected chi connectivity index (χ3v) is 2.35. The minimum atomic E-state index is -0.199. The third kappa shape index (κ3) is 4.06. The standard InChI is InChI=1S/C10H17N5O3/c1-18-7-6-15(5-3-9(11)14-17)10(16)8-2-4-12-13-8/h2,4,17H,3,5-7H2,1H3,(H2,11,14)(H,12,13). The Morgan fingerprint density at radius 2 is 2.44 bits per heavy atom. The quantitative estimate of drug-likeness (QED) is 0.266. The van der Waals surface area contributed by atoms with Gasteiger partial charge in [0.25, 0.3) is 5.91 Å². The van der Waals surface area contributed by atoms with Crippen molar-refractivity contribution in [2.24, 2.45) is 10.9 Å². The van der Waals surface area contributed by atoms with Crippen LogP contribution in [0.15, 0.2) is 17.4 Å². The number of nitrogens with zero attached hydrogens (tertiary/aromatic N) is 3. The number of H-pyrrole nitrogens is 1. The summed E-state index contributed by atoms with van der Waals surface area (Å²) in [5.74, 6) is -0.120. The average molecular weight is 255 g/mol. The van der Waals surface area contributed by atoms with E-state index >= 15 is 0 Å². The predicted octanol–water partition coefficient (Wildman–Crippen LogP) is -0.365. The molecule has 0 radical (unpaired) electrons. The molecular weight excluding hydrogens is 238 g/mol. The molecule has 0 saturated heterocycles. The number of carbonyl (C=O) groups excluding carboxylic acids is 1. The fourth-order valence-electron chi connectivity index (χ4n) is 1.36. The van der Waals surface area contributed by atoms with Gasteiger partial charge >= 0.3 is 0 Å². The molecule has 1 aromatic rings. The number of aromatic nitrogens is 2. The first kappa shape index (κ1) is 14.0. The molecule has 0 saturated carbocycles. The number of amides is 1. The molecule has 0 unspecified atom stereocenters. The molecule has 8 nitrogen and oxygen atoms in total. The van der Waals surface area contributed by atoms with Crippen molar-refractivity contribution >= 4 is 11.7 Å². The molecule has 0 aromatic carbocycles. The maximum absolute atomic E-state index is 12.1. The number of nitrogens with two attached hydrogens (primary N) is 1. The highest BCUT2D eigenvalue weighted by molar-refractivity contribution is 5.92. The van der Waals surface area contributed by atoms with E-state index in [9.17, 15) is 4.79 Å². The maximum atomic E-state index is 12.1. The lowest BCUT2D eigenvalue weighted by molar-refractivity contribution is 0.0695. The Morgan fingerprint density at radius 3 is 3.00 bits per heavy atom. The van der Waals surface area contributed by atoms with E-state index in [2.05, 4.69) is 15.4 Å². The van der Waals surface area contributed by atoms with Gasteiger partial charge in [-0.15, -0.1) is 0 Å². The highest BCUT2D eigenvalue weighted by atomic mass is 16.5. The van der Waals surface area contributed by atoms with E-state index in [0.29, 0.717) is 31.8 Å². The van der Waals surface area contributed by atoms with Crippen LogP contribution >= 0.6 is 0 Å². The molecule has 1 rings (SSSR count). The van der Waals surface area contributed by atoms with Crippen LogP contribution in [-0.4, -0.2) is 58.9 Å². The lowest BCUT2D eigenvalue weighted by Crippen LogP contribution is -2.36. The topological polar surface area (TPSA) is 117 Å². The highest BCUT2D eigenvalue weighted by Crippen LogP contribution is 2.02. The normalized spacial score (nSPS) is 11.5. The van der Waals surface area contributed by atoms with Gasteiger partial charge in [0.05, 0.1) is 6.61 Å². The van der Waals surface area contributed by atoms with Crippen LogP contribution in [0.3, 0.4) is 0 Å². The largest absolute Gasteiger partial charge is 0.409 e. The molecule has 4 N–H and O–H groups in total. The number of nitrogens with one attached hydrogen (secondary N) is 1. The molecular formula is C10H17N5O3. The Bertz CT molecular complexity index is 390. The number of amidine groups is 1. The van der Waals surface area contributed by atoms with E-state index in [1.54, 1.807) is 18.1 Å². The second kappa shape index (κ2) is 7.28. The molecule has 1 heterocycles. The number of ether oxygens (including phenoxy) is 1. The average Bonchev–Trinajstić information content (AvgIpc) is 2.91. The monoisotopic (exact) mass is 255 g/mol. The molecule has 100 valence electrons. The Morgan fingerprint density at radius 1 is 1.67 bits per heavy atom. The lowest BCUT2D eigenvalue weighted by Gasteiger charge is -2.21. The first-order valence-electron chi connectivity index (χ1n) is 5.43. The second-order valence-electron chi connectivity index (χ2n) is 3.60. The van der Waals surface area contributed by atoms with Crippen molar-refractivity contribution in [1.29, 1.82) is 0 Å². The molecule has 0 bridgehead atoms. The van der Waals surface area contributed by atoms with Crippen LogP contribution in [0, 0.1) is 0 Å². The summed E-state index contributed by atoms with van der Waals surface area (Å²) in [6.07, 6.45) is 1.80. The summed E-state index contributed by atoms with van der Waals surface area (Å²) in [4.78, 5) is 13.6. The molecule has 0 spiro atoms. The first-order chi connectivity index (χ1) is 8.69. The lowest BCUT2D eigenvalue weighted by atomic mass is 10.3. The Hall–Kier alpha value is -2.09. The zero-order valence-corrected chi connectivity index (χ0v) is 10.2. The summed E-state index contributed by atoms with van der Waals surface area (Å²) < 4.78 is 4.94.